The molecule has 3 rings (SSSR count). The molecule has 0 bridgehead atoms. The molecule has 1 aromatic heterocycles. The molecule has 0 radical (unpaired) electrons. The van der Waals surface area contributed by atoms with Crippen LogP contribution in [0, 0.1) is 0 Å². The highest BCUT2D eigenvalue weighted by atomic mass is 32.2. The minimum Gasteiger partial charge on any atom is -0.495 e. The van der Waals surface area contributed by atoms with Crippen molar-refractivity contribution in [3.8, 4) is 5.75 Å². The molecule has 12 heteroatoms. The summed E-state index contributed by atoms with van der Waals surface area (Å²) in [7, 11) is -2.50. The predicted molar refractivity (Wildman–Crippen MR) is 130 cm³/mol. The summed E-state index contributed by atoms with van der Waals surface area (Å²) in [4.78, 5) is 37.9. The lowest BCUT2D eigenvalue weighted by molar-refractivity contribution is -0.119. The zero-order chi connectivity index (χ0) is 25.6. The molecule has 0 unspecified atom stereocenters. The van der Waals surface area contributed by atoms with Gasteiger partial charge in [-0.15, -0.1) is 11.3 Å². The van der Waals surface area contributed by atoms with Crippen LogP contribution in [-0.2, 0) is 30.7 Å². The molecule has 1 N–H and O–H groups in total. The van der Waals surface area contributed by atoms with Gasteiger partial charge in [-0.25, -0.2) is 18.0 Å². The number of carbonyl (C=O) groups excluding carboxylic acids is 3. The van der Waals surface area contributed by atoms with Crippen molar-refractivity contribution in [3.05, 3.63) is 40.3 Å². The number of sulfonamides is 1. The third kappa shape index (κ3) is 6.19. The third-order valence-corrected chi connectivity index (χ3v) is 8.41. The van der Waals surface area contributed by atoms with Gasteiger partial charge in [-0.05, 0) is 50.5 Å². The monoisotopic (exact) mass is 524 g/mol. The molecule has 2 heterocycles. The van der Waals surface area contributed by atoms with Gasteiger partial charge in [0.2, 0.25) is 10.0 Å². The number of nitrogens with one attached hydrogen (secondary N) is 1. The van der Waals surface area contributed by atoms with Crippen LogP contribution in [0.2, 0.25) is 0 Å². The van der Waals surface area contributed by atoms with E-state index in [0.717, 1.165) is 17.7 Å². The molecule has 35 heavy (non-hydrogen) atoms. The lowest BCUT2D eigenvalue weighted by Gasteiger charge is -2.18. The van der Waals surface area contributed by atoms with E-state index in [-0.39, 0.29) is 28.4 Å². The number of esters is 2. The average molecular weight is 525 g/mol. The fourth-order valence-corrected chi connectivity index (χ4v) is 6.22. The highest BCUT2D eigenvalue weighted by Crippen LogP contribution is 2.31. The van der Waals surface area contributed by atoms with Gasteiger partial charge in [0.15, 0.2) is 6.61 Å². The van der Waals surface area contributed by atoms with Crippen LogP contribution in [0.15, 0.2) is 29.2 Å². The number of hydrogen-bond acceptors (Lipinski definition) is 9. The molecule has 1 aliphatic rings. The van der Waals surface area contributed by atoms with E-state index < -0.39 is 34.5 Å². The van der Waals surface area contributed by atoms with Crippen LogP contribution in [0.25, 0.3) is 0 Å². The fourth-order valence-electron chi connectivity index (χ4n) is 3.52. The second kappa shape index (κ2) is 11.6. The van der Waals surface area contributed by atoms with Gasteiger partial charge in [0, 0.05) is 18.0 Å². The Morgan fingerprint density at radius 3 is 2.40 bits per heavy atom. The summed E-state index contributed by atoms with van der Waals surface area (Å²) >= 11 is 1.23. The topological polar surface area (TPSA) is 128 Å². The van der Waals surface area contributed by atoms with E-state index in [9.17, 15) is 22.8 Å². The predicted octanol–water partition coefficient (Wildman–Crippen LogP) is 3.08. The Labute approximate surface area is 208 Å². The van der Waals surface area contributed by atoms with Crippen molar-refractivity contribution in [2.45, 2.75) is 38.0 Å². The van der Waals surface area contributed by atoms with Crippen LogP contribution in [0.3, 0.4) is 0 Å². The summed E-state index contributed by atoms with van der Waals surface area (Å²) < 4.78 is 42.7. The number of ether oxygens (including phenoxy) is 3. The van der Waals surface area contributed by atoms with E-state index in [1.165, 1.54) is 41.0 Å². The molecular formula is C23H28N2O8S2. The van der Waals surface area contributed by atoms with Crippen molar-refractivity contribution >= 4 is 44.2 Å². The maximum atomic E-state index is 13.0. The quantitative estimate of drug-likeness (QED) is 0.470. The third-order valence-electron chi connectivity index (χ3n) is 5.30. The molecule has 1 amide bonds. The minimum absolute atomic E-state index is 0.0343. The van der Waals surface area contributed by atoms with E-state index in [1.54, 1.807) is 13.0 Å². The van der Waals surface area contributed by atoms with Crippen LogP contribution in [0.5, 0.6) is 5.75 Å². The van der Waals surface area contributed by atoms with Gasteiger partial charge in [-0.3, -0.25) is 4.79 Å². The summed E-state index contributed by atoms with van der Waals surface area (Å²) in [6, 6.07) is 5.60. The lowest BCUT2D eigenvalue weighted by Crippen LogP contribution is -2.28. The molecular weight excluding hydrogens is 496 g/mol. The van der Waals surface area contributed by atoms with Crippen molar-refractivity contribution < 1.29 is 37.0 Å². The number of methoxy groups -OCH3 is 1. The van der Waals surface area contributed by atoms with E-state index in [0.29, 0.717) is 24.5 Å². The first kappa shape index (κ1) is 26.6. The molecule has 1 fully saturated rings. The highest BCUT2D eigenvalue weighted by Gasteiger charge is 2.31. The molecule has 0 spiro atoms. The molecule has 190 valence electrons. The van der Waals surface area contributed by atoms with Crippen molar-refractivity contribution in [1.82, 2.24) is 4.31 Å². The summed E-state index contributed by atoms with van der Waals surface area (Å²) in [5.41, 5.74) is 0.202. The van der Waals surface area contributed by atoms with Gasteiger partial charge in [0.25, 0.3) is 5.91 Å². The molecule has 1 aliphatic heterocycles. The Kier molecular flexibility index (Phi) is 8.87. The number of thiophene rings is 1. The molecule has 0 atom stereocenters. The second-order valence-corrected chi connectivity index (χ2v) is 10.7. The zero-order valence-corrected chi connectivity index (χ0v) is 21.4. The van der Waals surface area contributed by atoms with Crippen LogP contribution in [0.1, 0.15) is 52.3 Å². The molecule has 0 saturated carbocycles. The normalized spacial score (nSPS) is 13.9. The van der Waals surface area contributed by atoms with Crippen molar-refractivity contribution in [2.24, 2.45) is 0 Å². The maximum Gasteiger partial charge on any atom is 0.341 e. The van der Waals surface area contributed by atoms with Gasteiger partial charge < -0.3 is 19.5 Å². The Morgan fingerprint density at radius 1 is 1.06 bits per heavy atom. The Bertz CT molecular complexity index is 1200. The lowest BCUT2D eigenvalue weighted by atomic mass is 10.2. The molecule has 2 aromatic rings. The molecule has 1 saturated heterocycles. The van der Waals surface area contributed by atoms with Crippen molar-refractivity contribution in [2.75, 3.05) is 38.7 Å². The van der Waals surface area contributed by atoms with Gasteiger partial charge in [0.1, 0.15) is 15.6 Å². The summed E-state index contributed by atoms with van der Waals surface area (Å²) in [5, 5.41) is 2.89. The van der Waals surface area contributed by atoms with E-state index >= 15 is 0 Å². The summed E-state index contributed by atoms with van der Waals surface area (Å²) in [6.45, 7) is 3.97. The smallest absolute Gasteiger partial charge is 0.341 e. The molecule has 10 nitrogen and oxygen atoms in total. The first-order chi connectivity index (χ1) is 16.7. The van der Waals surface area contributed by atoms with Gasteiger partial charge in [-0.1, -0.05) is 6.92 Å². The average Bonchev–Trinajstić information content (AvgIpc) is 3.53. The summed E-state index contributed by atoms with van der Waals surface area (Å²) in [5.74, 6) is -1.96. The van der Waals surface area contributed by atoms with E-state index in [2.05, 4.69) is 5.32 Å². The number of aryl methyl sites for hydroxylation is 1. The van der Waals surface area contributed by atoms with E-state index in [1.807, 2.05) is 6.92 Å². The molecule has 1 aromatic carbocycles. The first-order valence-corrected chi connectivity index (χ1v) is 13.4. The Morgan fingerprint density at radius 2 is 1.77 bits per heavy atom. The number of rotatable bonds is 10. The summed E-state index contributed by atoms with van der Waals surface area (Å²) in [6.07, 6.45) is 2.20. The zero-order valence-electron chi connectivity index (χ0n) is 19.8. The minimum atomic E-state index is -3.85. The highest BCUT2D eigenvalue weighted by molar-refractivity contribution is 7.89. The standard InChI is InChI=1S/C23H28N2O8S2/c1-4-16-13-17(23(28)32-5-2)21(34-16)24-20(26)14-33-22(27)15-8-9-18(31-3)19(12-15)35(29,30)25-10-6-7-11-25/h8-9,12-13H,4-7,10-11,14H2,1-3H3,(H,24,26). The largest absolute Gasteiger partial charge is 0.495 e. The SMILES string of the molecule is CCOC(=O)c1cc(CC)sc1NC(=O)COC(=O)c1ccc(OC)c(S(=O)(=O)N2CCCC2)c1. The second-order valence-electron chi connectivity index (χ2n) is 7.63. The van der Waals surface area contributed by atoms with Gasteiger partial charge >= 0.3 is 11.9 Å². The number of benzene rings is 1. The van der Waals surface area contributed by atoms with E-state index in [4.69, 9.17) is 14.2 Å². The maximum absolute atomic E-state index is 13.0. The number of anilines is 1. The van der Waals surface area contributed by atoms with Crippen LogP contribution >= 0.6 is 11.3 Å². The number of nitrogens with zero attached hydrogens (tertiary/aromatic N) is 1. The molecule has 0 aliphatic carbocycles. The first-order valence-electron chi connectivity index (χ1n) is 11.2. The number of carbonyl (C=O) groups is 3. The Hall–Kier alpha value is -2.96. The van der Waals surface area contributed by atoms with Crippen LogP contribution in [0.4, 0.5) is 5.00 Å². The van der Waals surface area contributed by atoms with Crippen molar-refractivity contribution in [3.63, 3.8) is 0 Å². The number of hydrogen-bond donors (Lipinski definition) is 1. The van der Waals surface area contributed by atoms with Crippen LogP contribution < -0.4 is 10.1 Å². The van der Waals surface area contributed by atoms with Crippen LogP contribution in [-0.4, -0.2) is 64.0 Å². The van der Waals surface area contributed by atoms with Gasteiger partial charge in [-0.2, -0.15) is 4.31 Å². The fraction of sp³-hybridized carbons (Fsp3) is 0.435. The number of amides is 1. The Balaban J connectivity index is 1.71. The van der Waals surface area contributed by atoms with Crippen molar-refractivity contribution in [1.29, 1.82) is 0 Å². The van der Waals surface area contributed by atoms with Gasteiger partial charge in [0.05, 0.1) is 24.8 Å².